The lowest BCUT2D eigenvalue weighted by molar-refractivity contribution is 0.0898. The van der Waals surface area contributed by atoms with Gasteiger partial charge in [-0.1, -0.05) is 42.1 Å². The summed E-state index contributed by atoms with van der Waals surface area (Å²) in [5.74, 6) is 0.321. The molecule has 0 saturated heterocycles. The molecule has 0 atom stereocenters. The monoisotopic (exact) mass is 356 g/mol. The van der Waals surface area contributed by atoms with Gasteiger partial charge in [-0.25, -0.2) is 0 Å². The molecule has 1 aromatic carbocycles. The van der Waals surface area contributed by atoms with Crippen molar-refractivity contribution in [2.24, 2.45) is 0 Å². The molecular formula is C19H24N4O3. The van der Waals surface area contributed by atoms with Crippen LogP contribution >= 0.6 is 0 Å². The van der Waals surface area contributed by atoms with Crippen LogP contribution in [0.25, 0.3) is 0 Å². The lowest BCUT2D eigenvalue weighted by Crippen LogP contribution is -2.34. The number of aromatic nitrogens is 2. The highest BCUT2D eigenvalue weighted by Crippen LogP contribution is 2.30. The first kappa shape index (κ1) is 18.1. The molecule has 1 fully saturated rings. The van der Waals surface area contributed by atoms with E-state index in [9.17, 15) is 9.59 Å². The van der Waals surface area contributed by atoms with Crippen LogP contribution in [-0.4, -0.2) is 35.0 Å². The number of nitrogens with one attached hydrogen (secondary N) is 2. The minimum Gasteiger partial charge on any atom is -0.350 e. The highest BCUT2D eigenvalue weighted by atomic mass is 16.5. The van der Waals surface area contributed by atoms with Crippen molar-refractivity contribution >= 4 is 11.8 Å². The van der Waals surface area contributed by atoms with Crippen molar-refractivity contribution in [2.75, 3.05) is 13.1 Å². The maximum atomic E-state index is 12.1. The molecule has 1 aliphatic carbocycles. The molecule has 26 heavy (non-hydrogen) atoms. The second-order valence-corrected chi connectivity index (χ2v) is 6.67. The van der Waals surface area contributed by atoms with Gasteiger partial charge in [-0.2, -0.15) is 4.98 Å². The van der Waals surface area contributed by atoms with Gasteiger partial charge in [0, 0.05) is 24.6 Å². The van der Waals surface area contributed by atoms with Gasteiger partial charge in [-0.3, -0.25) is 9.59 Å². The first-order valence-electron chi connectivity index (χ1n) is 9.10. The van der Waals surface area contributed by atoms with E-state index in [0.717, 1.165) is 18.4 Å². The van der Waals surface area contributed by atoms with Crippen molar-refractivity contribution < 1.29 is 14.1 Å². The summed E-state index contributed by atoms with van der Waals surface area (Å²) in [6.45, 7) is 2.58. The van der Waals surface area contributed by atoms with Gasteiger partial charge in [0.15, 0.2) is 5.82 Å². The van der Waals surface area contributed by atoms with Gasteiger partial charge in [0.05, 0.1) is 0 Å². The maximum absolute atomic E-state index is 12.1. The average Bonchev–Trinajstić information content (AvgIpc) is 3.16. The van der Waals surface area contributed by atoms with Crippen LogP contribution in [0.5, 0.6) is 0 Å². The zero-order chi connectivity index (χ0) is 18.4. The molecule has 1 heterocycles. The molecule has 7 heteroatoms. The van der Waals surface area contributed by atoms with Gasteiger partial charge in [0.2, 0.25) is 0 Å². The van der Waals surface area contributed by atoms with Crippen molar-refractivity contribution in [1.82, 2.24) is 20.8 Å². The van der Waals surface area contributed by atoms with Crippen LogP contribution in [0.15, 0.2) is 28.8 Å². The summed E-state index contributed by atoms with van der Waals surface area (Å²) in [7, 11) is 0. The molecule has 138 valence electrons. The summed E-state index contributed by atoms with van der Waals surface area (Å²) in [5, 5.41) is 9.39. The van der Waals surface area contributed by atoms with Crippen molar-refractivity contribution in [2.45, 2.75) is 44.9 Å². The lowest BCUT2D eigenvalue weighted by Gasteiger charge is -2.17. The van der Waals surface area contributed by atoms with Crippen LogP contribution in [0, 0.1) is 6.92 Å². The van der Waals surface area contributed by atoms with E-state index in [-0.39, 0.29) is 18.3 Å². The molecule has 2 aromatic rings. The second-order valence-electron chi connectivity index (χ2n) is 6.67. The Morgan fingerprint density at radius 2 is 1.69 bits per heavy atom. The largest absolute Gasteiger partial charge is 0.350 e. The smallest absolute Gasteiger partial charge is 0.315 e. The fourth-order valence-electron chi connectivity index (χ4n) is 3.09. The fourth-order valence-corrected chi connectivity index (χ4v) is 3.09. The van der Waals surface area contributed by atoms with Crippen molar-refractivity contribution in [3.05, 3.63) is 47.1 Å². The normalized spacial score (nSPS) is 14.8. The lowest BCUT2D eigenvalue weighted by atomic mass is 9.89. The minimum absolute atomic E-state index is 0.0181. The van der Waals surface area contributed by atoms with E-state index in [2.05, 4.69) is 20.8 Å². The summed E-state index contributed by atoms with van der Waals surface area (Å²) in [4.78, 5) is 28.3. The summed E-state index contributed by atoms with van der Waals surface area (Å²) >= 11 is 0. The molecule has 1 saturated carbocycles. The van der Waals surface area contributed by atoms with Crippen LogP contribution in [-0.2, 0) is 0 Å². The average molecular weight is 356 g/mol. The summed E-state index contributed by atoms with van der Waals surface area (Å²) < 4.78 is 5.08. The van der Waals surface area contributed by atoms with E-state index < -0.39 is 5.91 Å². The molecule has 0 bridgehead atoms. The van der Waals surface area contributed by atoms with E-state index in [4.69, 9.17) is 4.52 Å². The Hall–Kier alpha value is -2.70. The molecule has 1 aliphatic rings. The zero-order valence-corrected chi connectivity index (χ0v) is 15.0. The summed E-state index contributed by atoms with van der Waals surface area (Å²) in [6.07, 6.45) is 5.68. The standard InChI is InChI=1S/C19H24N4O3/c1-13-7-9-15(10-8-13)17(24)20-11-12-21-18(25)19-22-16(23-26-19)14-5-3-2-4-6-14/h7-10,14H,2-6,11-12H2,1H3,(H,20,24)(H,21,25). The molecule has 0 radical (unpaired) electrons. The van der Waals surface area contributed by atoms with E-state index in [1.807, 2.05) is 19.1 Å². The number of rotatable bonds is 6. The van der Waals surface area contributed by atoms with Crippen LogP contribution < -0.4 is 10.6 Å². The molecule has 2 N–H and O–H groups in total. The molecule has 7 nitrogen and oxygen atoms in total. The zero-order valence-electron chi connectivity index (χ0n) is 15.0. The van der Waals surface area contributed by atoms with Crippen molar-refractivity contribution in [3.63, 3.8) is 0 Å². The van der Waals surface area contributed by atoms with Crippen LogP contribution in [0.4, 0.5) is 0 Å². The number of hydrogen-bond acceptors (Lipinski definition) is 5. The molecule has 0 spiro atoms. The number of aryl methyl sites for hydroxylation is 1. The van der Waals surface area contributed by atoms with Gasteiger partial charge in [-0.05, 0) is 31.9 Å². The Labute approximate surface area is 152 Å². The summed E-state index contributed by atoms with van der Waals surface area (Å²) in [5.41, 5.74) is 1.69. The van der Waals surface area contributed by atoms with Gasteiger partial charge < -0.3 is 15.2 Å². The quantitative estimate of drug-likeness (QED) is 0.776. The van der Waals surface area contributed by atoms with Crippen molar-refractivity contribution in [1.29, 1.82) is 0 Å². The number of hydrogen-bond donors (Lipinski definition) is 2. The fraction of sp³-hybridized carbons (Fsp3) is 0.474. The van der Waals surface area contributed by atoms with E-state index in [0.29, 0.717) is 23.9 Å². The third-order valence-corrected chi connectivity index (χ3v) is 4.62. The Kier molecular flexibility index (Phi) is 5.99. The topological polar surface area (TPSA) is 97.1 Å². The molecule has 1 aromatic heterocycles. The number of amides is 2. The van der Waals surface area contributed by atoms with Gasteiger partial charge in [0.1, 0.15) is 0 Å². The highest BCUT2D eigenvalue weighted by molar-refractivity contribution is 5.94. The Morgan fingerprint density at radius 3 is 2.38 bits per heavy atom. The predicted octanol–water partition coefficient (Wildman–Crippen LogP) is 2.59. The third-order valence-electron chi connectivity index (χ3n) is 4.62. The van der Waals surface area contributed by atoms with Gasteiger partial charge in [-0.15, -0.1) is 0 Å². The van der Waals surface area contributed by atoms with Crippen molar-refractivity contribution in [3.8, 4) is 0 Å². The SMILES string of the molecule is Cc1ccc(C(=O)NCCNC(=O)c2nc(C3CCCCC3)no2)cc1. The van der Waals surface area contributed by atoms with E-state index in [1.165, 1.54) is 19.3 Å². The number of carbonyl (C=O) groups is 2. The van der Waals surface area contributed by atoms with Crippen LogP contribution in [0.3, 0.4) is 0 Å². The van der Waals surface area contributed by atoms with E-state index >= 15 is 0 Å². The first-order valence-corrected chi connectivity index (χ1v) is 9.10. The van der Waals surface area contributed by atoms with E-state index in [1.54, 1.807) is 12.1 Å². The number of nitrogens with zero attached hydrogens (tertiary/aromatic N) is 2. The Bertz CT molecular complexity index is 748. The number of carbonyl (C=O) groups excluding carboxylic acids is 2. The van der Waals surface area contributed by atoms with Gasteiger partial charge >= 0.3 is 11.8 Å². The van der Waals surface area contributed by atoms with Crippen LogP contribution in [0.1, 0.15) is 70.5 Å². The Balaban J connectivity index is 1.42. The molecular weight excluding hydrogens is 332 g/mol. The summed E-state index contributed by atoms with van der Waals surface area (Å²) in [6, 6.07) is 7.31. The predicted molar refractivity (Wildman–Crippen MR) is 96.0 cm³/mol. The third kappa shape index (κ3) is 4.68. The first-order chi connectivity index (χ1) is 12.6. The maximum Gasteiger partial charge on any atom is 0.315 e. The molecule has 2 amide bonds. The minimum atomic E-state index is -0.413. The second kappa shape index (κ2) is 8.60. The van der Waals surface area contributed by atoms with Crippen LogP contribution in [0.2, 0.25) is 0 Å². The number of benzene rings is 1. The molecule has 0 unspecified atom stereocenters. The van der Waals surface area contributed by atoms with Gasteiger partial charge in [0.25, 0.3) is 5.91 Å². The molecule has 0 aliphatic heterocycles. The Morgan fingerprint density at radius 1 is 1.04 bits per heavy atom. The molecule has 3 rings (SSSR count). The highest BCUT2D eigenvalue weighted by Gasteiger charge is 2.23.